The van der Waals surface area contributed by atoms with Gasteiger partial charge < -0.3 is 14.4 Å². The number of ether oxygens (including phenoxy) is 2. The molecule has 6 heteroatoms. The molecule has 1 unspecified atom stereocenters. The second-order valence-electron chi connectivity index (χ2n) is 5.47. The minimum Gasteiger partial charge on any atom is -0.474 e. The summed E-state index contributed by atoms with van der Waals surface area (Å²) in [6, 6.07) is 0.0526. The molecule has 104 valence electrons. The van der Waals surface area contributed by atoms with Crippen molar-refractivity contribution in [2.45, 2.75) is 38.8 Å². The van der Waals surface area contributed by atoms with Crippen molar-refractivity contribution in [1.29, 1.82) is 0 Å². The van der Waals surface area contributed by atoms with Crippen LogP contribution in [-0.4, -0.2) is 45.8 Å². The van der Waals surface area contributed by atoms with Crippen molar-refractivity contribution in [2.24, 2.45) is 0 Å². The van der Waals surface area contributed by atoms with Crippen LogP contribution >= 0.6 is 0 Å². The van der Waals surface area contributed by atoms with Crippen LogP contribution in [0.25, 0.3) is 0 Å². The van der Waals surface area contributed by atoms with E-state index < -0.39 is 5.60 Å². The van der Waals surface area contributed by atoms with E-state index >= 15 is 0 Å². The Hall–Kier alpha value is -1.85. The topological polar surface area (TPSA) is 64.5 Å². The SMILES string of the molecule is CC(C)(C)OC(=O)N1CCC1COc1cnccn1. The Morgan fingerprint density at radius 1 is 1.47 bits per heavy atom. The monoisotopic (exact) mass is 265 g/mol. The molecule has 1 fully saturated rings. The lowest BCUT2D eigenvalue weighted by atomic mass is 10.1. The molecule has 1 aliphatic rings. The van der Waals surface area contributed by atoms with Gasteiger partial charge in [-0.3, -0.25) is 4.98 Å². The van der Waals surface area contributed by atoms with Crippen molar-refractivity contribution in [3.8, 4) is 5.88 Å². The molecule has 1 aromatic heterocycles. The molecule has 0 saturated carbocycles. The number of carbonyl (C=O) groups excluding carboxylic acids is 1. The zero-order chi connectivity index (χ0) is 13.9. The molecule has 0 spiro atoms. The van der Waals surface area contributed by atoms with E-state index in [1.54, 1.807) is 23.5 Å². The van der Waals surface area contributed by atoms with Gasteiger partial charge in [0.15, 0.2) is 0 Å². The van der Waals surface area contributed by atoms with Crippen LogP contribution in [-0.2, 0) is 4.74 Å². The molecule has 0 aliphatic carbocycles. The standard InChI is InChI=1S/C13H19N3O3/c1-13(2,3)19-12(17)16-7-4-10(16)9-18-11-8-14-5-6-15-11/h5-6,8,10H,4,7,9H2,1-3H3. The highest BCUT2D eigenvalue weighted by molar-refractivity contribution is 5.69. The number of rotatable bonds is 3. The van der Waals surface area contributed by atoms with Crippen LogP contribution < -0.4 is 4.74 Å². The van der Waals surface area contributed by atoms with Crippen LogP contribution in [0, 0.1) is 0 Å². The molecule has 0 N–H and O–H groups in total. The van der Waals surface area contributed by atoms with E-state index in [1.165, 1.54) is 0 Å². The Labute approximate surface area is 112 Å². The number of amides is 1. The molecule has 1 atom stereocenters. The summed E-state index contributed by atoms with van der Waals surface area (Å²) in [7, 11) is 0. The maximum atomic E-state index is 11.9. The summed E-state index contributed by atoms with van der Waals surface area (Å²) >= 11 is 0. The maximum absolute atomic E-state index is 11.9. The molecule has 0 bridgehead atoms. The van der Waals surface area contributed by atoms with Gasteiger partial charge >= 0.3 is 6.09 Å². The number of aromatic nitrogens is 2. The van der Waals surface area contributed by atoms with Gasteiger partial charge in [-0.2, -0.15) is 0 Å². The fourth-order valence-electron chi connectivity index (χ4n) is 1.72. The summed E-state index contributed by atoms with van der Waals surface area (Å²) in [6.07, 6.45) is 5.34. The van der Waals surface area contributed by atoms with E-state index in [0.717, 1.165) is 6.42 Å². The number of hydrogen-bond donors (Lipinski definition) is 0. The lowest BCUT2D eigenvalue weighted by Gasteiger charge is -2.40. The Bertz CT molecular complexity index is 431. The minimum absolute atomic E-state index is 0.0526. The number of likely N-dealkylation sites (tertiary alicyclic amines) is 1. The fraction of sp³-hybridized carbons (Fsp3) is 0.615. The second kappa shape index (κ2) is 5.42. The molecule has 0 radical (unpaired) electrons. The van der Waals surface area contributed by atoms with E-state index in [2.05, 4.69) is 9.97 Å². The molecule has 1 aliphatic heterocycles. The smallest absolute Gasteiger partial charge is 0.410 e. The van der Waals surface area contributed by atoms with E-state index in [-0.39, 0.29) is 12.1 Å². The Morgan fingerprint density at radius 3 is 2.79 bits per heavy atom. The van der Waals surface area contributed by atoms with Crippen molar-refractivity contribution in [1.82, 2.24) is 14.9 Å². The Morgan fingerprint density at radius 2 is 2.26 bits per heavy atom. The molecule has 2 heterocycles. The van der Waals surface area contributed by atoms with Crippen LogP contribution in [0.5, 0.6) is 5.88 Å². The third kappa shape index (κ3) is 3.81. The summed E-state index contributed by atoms with van der Waals surface area (Å²) in [5.41, 5.74) is -0.469. The highest BCUT2D eigenvalue weighted by atomic mass is 16.6. The zero-order valence-electron chi connectivity index (χ0n) is 11.5. The van der Waals surface area contributed by atoms with E-state index in [4.69, 9.17) is 9.47 Å². The molecular weight excluding hydrogens is 246 g/mol. The molecule has 2 rings (SSSR count). The maximum Gasteiger partial charge on any atom is 0.410 e. The normalized spacial score (nSPS) is 18.7. The average Bonchev–Trinajstić information content (AvgIpc) is 2.26. The summed E-state index contributed by atoms with van der Waals surface area (Å²) in [4.78, 5) is 21.5. The van der Waals surface area contributed by atoms with Crippen molar-refractivity contribution >= 4 is 6.09 Å². The summed E-state index contributed by atoms with van der Waals surface area (Å²) in [6.45, 7) is 6.70. The first-order valence-electron chi connectivity index (χ1n) is 6.34. The highest BCUT2D eigenvalue weighted by Crippen LogP contribution is 2.21. The lowest BCUT2D eigenvalue weighted by Crippen LogP contribution is -2.55. The van der Waals surface area contributed by atoms with Gasteiger partial charge in [-0.15, -0.1) is 0 Å². The summed E-state index contributed by atoms with van der Waals surface area (Å²) < 4.78 is 10.8. The molecule has 0 aromatic carbocycles. The quantitative estimate of drug-likeness (QED) is 0.834. The fourth-order valence-corrected chi connectivity index (χ4v) is 1.72. The van der Waals surface area contributed by atoms with Gasteiger partial charge in [0.25, 0.3) is 0 Å². The zero-order valence-corrected chi connectivity index (χ0v) is 11.5. The minimum atomic E-state index is -0.469. The molecule has 1 aromatic rings. The van der Waals surface area contributed by atoms with Crippen molar-refractivity contribution in [2.75, 3.05) is 13.2 Å². The van der Waals surface area contributed by atoms with E-state index in [1.807, 2.05) is 20.8 Å². The van der Waals surface area contributed by atoms with Gasteiger partial charge in [0.1, 0.15) is 12.2 Å². The van der Waals surface area contributed by atoms with Gasteiger partial charge in [-0.25, -0.2) is 9.78 Å². The first-order chi connectivity index (χ1) is 8.96. The van der Waals surface area contributed by atoms with Crippen LogP contribution in [0.4, 0.5) is 4.79 Å². The van der Waals surface area contributed by atoms with Crippen LogP contribution in [0.2, 0.25) is 0 Å². The van der Waals surface area contributed by atoms with Gasteiger partial charge in [-0.05, 0) is 27.2 Å². The van der Waals surface area contributed by atoms with Crippen molar-refractivity contribution < 1.29 is 14.3 Å². The lowest BCUT2D eigenvalue weighted by molar-refractivity contribution is -0.0145. The number of carbonyl (C=O) groups is 1. The number of nitrogens with zero attached hydrogens (tertiary/aromatic N) is 3. The number of hydrogen-bond acceptors (Lipinski definition) is 5. The largest absolute Gasteiger partial charge is 0.474 e. The van der Waals surface area contributed by atoms with Gasteiger partial charge in [-0.1, -0.05) is 0 Å². The van der Waals surface area contributed by atoms with E-state index in [9.17, 15) is 4.79 Å². The van der Waals surface area contributed by atoms with Crippen LogP contribution in [0.1, 0.15) is 27.2 Å². The van der Waals surface area contributed by atoms with Gasteiger partial charge in [0.05, 0.1) is 12.2 Å². The molecule has 1 amide bonds. The average molecular weight is 265 g/mol. The van der Waals surface area contributed by atoms with Crippen LogP contribution in [0.15, 0.2) is 18.6 Å². The highest BCUT2D eigenvalue weighted by Gasteiger charge is 2.35. The summed E-state index contributed by atoms with van der Waals surface area (Å²) in [5, 5.41) is 0. The molecular formula is C13H19N3O3. The van der Waals surface area contributed by atoms with Gasteiger partial charge in [0.2, 0.25) is 5.88 Å². The Kier molecular flexibility index (Phi) is 3.87. The third-order valence-electron chi connectivity index (χ3n) is 2.74. The molecule has 1 saturated heterocycles. The van der Waals surface area contributed by atoms with Crippen molar-refractivity contribution in [3.05, 3.63) is 18.6 Å². The predicted molar refractivity (Wildman–Crippen MR) is 68.9 cm³/mol. The molecule has 6 nitrogen and oxygen atoms in total. The first kappa shape index (κ1) is 13.6. The third-order valence-corrected chi connectivity index (χ3v) is 2.74. The summed E-state index contributed by atoms with van der Waals surface area (Å²) in [5.74, 6) is 0.471. The Balaban J connectivity index is 1.81. The van der Waals surface area contributed by atoms with E-state index in [0.29, 0.717) is 19.0 Å². The van der Waals surface area contributed by atoms with Crippen LogP contribution in [0.3, 0.4) is 0 Å². The second-order valence-corrected chi connectivity index (χ2v) is 5.47. The first-order valence-corrected chi connectivity index (χ1v) is 6.34. The van der Waals surface area contributed by atoms with Gasteiger partial charge in [0, 0.05) is 18.9 Å². The molecule has 19 heavy (non-hydrogen) atoms. The predicted octanol–water partition coefficient (Wildman–Crippen LogP) is 1.86. The van der Waals surface area contributed by atoms with Crippen molar-refractivity contribution in [3.63, 3.8) is 0 Å².